The zero-order chi connectivity index (χ0) is 32.2. The van der Waals surface area contributed by atoms with Crippen LogP contribution in [0.15, 0.2) is 46.0 Å². The molecule has 3 aliphatic heterocycles. The van der Waals surface area contributed by atoms with E-state index in [2.05, 4.69) is 20.1 Å². The average Bonchev–Trinajstić information content (AvgIpc) is 3.70. The fourth-order valence-electron chi connectivity index (χ4n) is 8.22. The molecule has 2 amide bonds. The molecular formula is C33H39FN6O5S. The van der Waals surface area contributed by atoms with E-state index in [1.165, 1.54) is 23.5 Å². The predicted molar refractivity (Wildman–Crippen MR) is 169 cm³/mol. The standard InChI is InChI=1S/C33H39FN6O5S/c1-3-45-29(41)25-24(36-27(28-35-12-15-46-28)37-26(25)23-5-4-21(34)16-20(23)2)19-38-13-14-39-22(17-38)18-40(31(39)44)33-9-6-32(7-10-33,8-11-33)30(42)43/h4-5,12,15-16,22,26H,3,6-11,13-14,17-19H2,1-2H3,(H,36,37)(H,42,43). The van der Waals surface area contributed by atoms with Crippen molar-refractivity contribution in [2.24, 2.45) is 10.4 Å². The Morgan fingerprint density at radius 1 is 1.15 bits per heavy atom. The molecule has 46 heavy (non-hydrogen) atoms. The van der Waals surface area contributed by atoms with Crippen LogP contribution in [-0.4, -0.2) is 99.5 Å². The topological polar surface area (TPSA) is 128 Å². The molecule has 2 unspecified atom stereocenters. The third-order valence-electron chi connectivity index (χ3n) is 10.8. The summed E-state index contributed by atoms with van der Waals surface area (Å²) in [6.45, 7) is 6.59. The number of thiazole rings is 1. The number of esters is 1. The Labute approximate surface area is 271 Å². The zero-order valence-electron chi connectivity index (χ0n) is 26.1. The van der Waals surface area contributed by atoms with Gasteiger partial charge in [0.2, 0.25) is 0 Å². The van der Waals surface area contributed by atoms with E-state index in [9.17, 15) is 23.9 Å². The van der Waals surface area contributed by atoms with Crippen molar-refractivity contribution in [3.8, 4) is 0 Å². The second-order valence-electron chi connectivity index (χ2n) is 13.2. The van der Waals surface area contributed by atoms with Gasteiger partial charge in [-0.05, 0) is 75.6 Å². The molecule has 244 valence electrons. The number of halogens is 1. The van der Waals surface area contributed by atoms with E-state index >= 15 is 0 Å². The third kappa shape index (κ3) is 5.17. The molecular weight excluding hydrogens is 611 g/mol. The van der Waals surface area contributed by atoms with Gasteiger partial charge in [-0.25, -0.2) is 19.0 Å². The summed E-state index contributed by atoms with van der Waals surface area (Å²) in [6.07, 6.45) is 5.77. The number of benzene rings is 1. The van der Waals surface area contributed by atoms with Gasteiger partial charge in [-0.2, -0.15) is 0 Å². The van der Waals surface area contributed by atoms with E-state index in [4.69, 9.17) is 9.73 Å². The fraction of sp³-hybridized carbons (Fsp3) is 0.545. The molecule has 2 bridgehead atoms. The van der Waals surface area contributed by atoms with Gasteiger partial charge in [0.15, 0.2) is 10.8 Å². The molecule has 0 radical (unpaired) electrons. The molecule has 2 atom stereocenters. The largest absolute Gasteiger partial charge is 0.481 e. The van der Waals surface area contributed by atoms with Crippen molar-refractivity contribution < 1.29 is 28.6 Å². The molecule has 4 heterocycles. The van der Waals surface area contributed by atoms with Crippen LogP contribution in [0.5, 0.6) is 0 Å². The van der Waals surface area contributed by atoms with Crippen molar-refractivity contribution in [2.75, 3.05) is 39.3 Å². The number of aliphatic imine (C=N–C) groups is 1. The van der Waals surface area contributed by atoms with Crippen LogP contribution in [0, 0.1) is 18.2 Å². The maximum Gasteiger partial charge on any atom is 0.338 e. The summed E-state index contributed by atoms with van der Waals surface area (Å²) in [6, 6.07) is 3.83. The van der Waals surface area contributed by atoms with Gasteiger partial charge >= 0.3 is 18.0 Å². The lowest BCUT2D eigenvalue weighted by molar-refractivity contribution is -0.158. The fourth-order valence-corrected chi connectivity index (χ4v) is 8.80. The van der Waals surface area contributed by atoms with Gasteiger partial charge in [0.1, 0.15) is 11.9 Å². The number of carbonyl (C=O) groups excluding carboxylic acids is 2. The molecule has 3 aliphatic carbocycles. The maximum atomic E-state index is 14.1. The minimum atomic E-state index is -0.714. The highest BCUT2D eigenvalue weighted by Crippen LogP contribution is 2.55. The molecule has 2 saturated heterocycles. The first-order valence-corrected chi connectivity index (χ1v) is 17.0. The number of amidine groups is 1. The molecule has 6 aliphatic rings. The van der Waals surface area contributed by atoms with Crippen LogP contribution < -0.4 is 5.32 Å². The Bertz CT molecular complexity index is 1600. The van der Waals surface area contributed by atoms with E-state index in [-0.39, 0.29) is 30.0 Å². The molecule has 2 aromatic rings. The van der Waals surface area contributed by atoms with Gasteiger partial charge in [-0.3, -0.25) is 14.7 Å². The van der Waals surface area contributed by atoms with Gasteiger partial charge in [0.25, 0.3) is 0 Å². The number of nitrogens with one attached hydrogen (secondary N) is 1. The van der Waals surface area contributed by atoms with Crippen LogP contribution in [0.2, 0.25) is 0 Å². The monoisotopic (exact) mass is 650 g/mol. The highest BCUT2D eigenvalue weighted by Gasteiger charge is 2.58. The quantitative estimate of drug-likeness (QED) is 0.409. The highest BCUT2D eigenvalue weighted by atomic mass is 32.1. The SMILES string of the molecule is CCOC(=O)C1=C(CN2CCN3C(=O)N(C45CCC(C(=O)O)(CC4)CC5)CC3C2)NC(c2nccs2)=NC1c1ccc(F)cc1C. The number of rotatable bonds is 8. The first-order chi connectivity index (χ1) is 22.1. The first kappa shape index (κ1) is 30.8. The smallest absolute Gasteiger partial charge is 0.338 e. The third-order valence-corrected chi connectivity index (χ3v) is 11.6. The molecule has 0 spiro atoms. The Kier molecular flexibility index (Phi) is 7.87. The minimum Gasteiger partial charge on any atom is -0.481 e. The average molecular weight is 651 g/mol. The molecule has 3 saturated carbocycles. The molecule has 11 nitrogen and oxygen atoms in total. The van der Waals surface area contributed by atoms with E-state index < -0.39 is 23.4 Å². The zero-order valence-corrected chi connectivity index (χ0v) is 26.9. The molecule has 13 heteroatoms. The number of urea groups is 1. The Hall–Kier alpha value is -3.84. The van der Waals surface area contributed by atoms with Crippen LogP contribution in [-0.2, 0) is 14.3 Å². The lowest BCUT2D eigenvalue weighted by Crippen LogP contribution is -2.59. The van der Waals surface area contributed by atoms with Crippen molar-refractivity contribution in [1.29, 1.82) is 0 Å². The van der Waals surface area contributed by atoms with Gasteiger partial charge < -0.3 is 25.0 Å². The predicted octanol–water partition coefficient (Wildman–Crippen LogP) is 4.10. The maximum absolute atomic E-state index is 14.1. The Morgan fingerprint density at radius 3 is 2.57 bits per heavy atom. The van der Waals surface area contributed by atoms with Crippen LogP contribution in [0.4, 0.5) is 9.18 Å². The van der Waals surface area contributed by atoms with Gasteiger partial charge in [0, 0.05) is 55.5 Å². The van der Waals surface area contributed by atoms with E-state index in [0.717, 1.165) is 19.3 Å². The van der Waals surface area contributed by atoms with Crippen LogP contribution >= 0.6 is 11.3 Å². The van der Waals surface area contributed by atoms with Crippen molar-refractivity contribution in [2.45, 2.75) is 70.0 Å². The Balaban J connectivity index is 1.15. The summed E-state index contributed by atoms with van der Waals surface area (Å²) < 4.78 is 19.7. The first-order valence-electron chi connectivity index (χ1n) is 16.1. The minimum absolute atomic E-state index is 0.0128. The molecule has 1 aromatic heterocycles. The number of hydrogen-bond acceptors (Lipinski definition) is 9. The Morgan fingerprint density at radius 2 is 1.91 bits per heavy atom. The lowest BCUT2D eigenvalue weighted by atomic mass is 9.57. The summed E-state index contributed by atoms with van der Waals surface area (Å²) >= 11 is 1.44. The summed E-state index contributed by atoms with van der Waals surface area (Å²) in [5.74, 6) is -0.998. The normalized spacial score (nSPS) is 29.5. The summed E-state index contributed by atoms with van der Waals surface area (Å²) in [5, 5.41) is 15.8. The van der Waals surface area contributed by atoms with Crippen molar-refractivity contribution >= 4 is 35.1 Å². The van der Waals surface area contributed by atoms with E-state index in [1.54, 1.807) is 19.2 Å². The number of carboxylic acids is 1. The number of amides is 2. The molecule has 1 aromatic carbocycles. The number of carbonyl (C=O) groups is 3. The van der Waals surface area contributed by atoms with E-state index in [0.29, 0.717) is 85.2 Å². The van der Waals surface area contributed by atoms with Crippen molar-refractivity contribution in [1.82, 2.24) is 25.0 Å². The number of fused-ring (bicyclic) bond motifs is 4. The molecule has 8 rings (SSSR count). The number of aryl methyl sites for hydroxylation is 1. The number of hydrogen-bond donors (Lipinski definition) is 2. The van der Waals surface area contributed by atoms with Crippen LogP contribution in [0.3, 0.4) is 0 Å². The second kappa shape index (κ2) is 11.8. The second-order valence-corrected chi connectivity index (χ2v) is 14.1. The van der Waals surface area contributed by atoms with Crippen molar-refractivity contribution in [3.63, 3.8) is 0 Å². The highest BCUT2D eigenvalue weighted by molar-refractivity contribution is 7.11. The van der Waals surface area contributed by atoms with Gasteiger partial charge in [-0.1, -0.05) is 6.07 Å². The lowest BCUT2D eigenvalue weighted by Gasteiger charge is -2.54. The number of ether oxygens (including phenoxy) is 1. The number of carboxylic acid groups (broad SMARTS) is 1. The van der Waals surface area contributed by atoms with Gasteiger partial charge in [0.05, 0.1) is 23.6 Å². The van der Waals surface area contributed by atoms with E-state index in [1.807, 2.05) is 17.2 Å². The summed E-state index contributed by atoms with van der Waals surface area (Å²) in [7, 11) is 0. The summed E-state index contributed by atoms with van der Waals surface area (Å²) in [4.78, 5) is 55.0. The molecule has 2 N–H and O–H groups in total. The van der Waals surface area contributed by atoms with Crippen LogP contribution in [0.1, 0.15) is 67.6 Å². The number of nitrogens with zero attached hydrogens (tertiary/aromatic N) is 5. The van der Waals surface area contributed by atoms with Crippen molar-refractivity contribution in [3.05, 3.63) is 63.0 Å². The molecule has 5 fully saturated rings. The van der Waals surface area contributed by atoms with Crippen LogP contribution in [0.25, 0.3) is 0 Å². The summed E-state index contributed by atoms with van der Waals surface area (Å²) in [5.41, 5.74) is 1.54. The van der Waals surface area contributed by atoms with Gasteiger partial charge in [-0.15, -0.1) is 11.3 Å². The number of aromatic nitrogens is 1. The number of piperazine rings is 1. The number of aliphatic carboxylic acids is 1.